The van der Waals surface area contributed by atoms with Gasteiger partial charge in [0.25, 0.3) is 12.2 Å². The normalized spacial score (nSPS) is 12.7. The average Bonchev–Trinajstić information content (AvgIpc) is 1.59. The van der Waals surface area contributed by atoms with E-state index in [1.165, 1.54) is 102 Å². The number of aromatic nitrogens is 16. The van der Waals surface area contributed by atoms with Crippen LogP contribution in [-0.4, -0.2) is 168 Å². The number of anilines is 1. The number of nitrogens with one attached hydrogen (secondary N) is 1. The zero-order valence-corrected chi connectivity index (χ0v) is 91.0. The Kier molecular flexibility index (Phi) is 58.6. The Balaban J connectivity index is 0.00000151. The summed E-state index contributed by atoms with van der Waals surface area (Å²) in [5, 5.41) is 57.7. The fourth-order valence-corrected chi connectivity index (χ4v) is 12.8. The van der Waals surface area contributed by atoms with E-state index in [0.29, 0.717) is 84.4 Å². The van der Waals surface area contributed by atoms with Crippen LogP contribution in [0.5, 0.6) is 0 Å². The Labute approximate surface area is 886 Å². The molecule has 3 saturated carbocycles. The molecule has 2 aromatic carbocycles. The Morgan fingerprint density at radius 3 is 1.47 bits per heavy atom. The summed E-state index contributed by atoms with van der Waals surface area (Å²) in [6.45, 7) is 15.1. The van der Waals surface area contributed by atoms with Crippen LogP contribution in [0.1, 0.15) is 112 Å². The van der Waals surface area contributed by atoms with Gasteiger partial charge in [-0.2, -0.15) is 10.5 Å². The fraction of sp³-hybridized carbons (Fsp3) is 0.345. The van der Waals surface area contributed by atoms with E-state index >= 15 is 0 Å². The average molecular weight is 2230 g/mol. The Hall–Kier alpha value is -8.03. The number of nitriles is 2. The van der Waals surface area contributed by atoms with Crippen LogP contribution in [0.4, 0.5) is 26.2 Å². The number of nitro groups is 2. The molecule has 36 nitrogen and oxygen atoms in total. The van der Waals surface area contributed by atoms with E-state index in [4.69, 9.17) is 124 Å². The summed E-state index contributed by atoms with van der Waals surface area (Å²) in [6, 6.07) is 38.5. The minimum Gasteiger partial charge on any atom is -1.00 e. The van der Waals surface area contributed by atoms with Crippen molar-refractivity contribution in [3.05, 3.63) is 264 Å². The minimum absolute atomic E-state index is 0. The maximum Gasteiger partial charge on any atom is 1.00 e. The molecular formula is C84H98BBrCl9FN22Na2O14Sn. The van der Waals surface area contributed by atoms with Gasteiger partial charge >= 0.3 is 132 Å². The van der Waals surface area contributed by atoms with E-state index in [1.54, 1.807) is 116 Å². The summed E-state index contributed by atoms with van der Waals surface area (Å²) in [5.41, 5.74) is 18.8. The second kappa shape index (κ2) is 64.3. The van der Waals surface area contributed by atoms with Crippen LogP contribution in [0.25, 0.3) is 44.7 Å². The molecule has 0 unspecified atom stereocenters. The maximum atomic E-state index is 12.5. The molecule has 11 aromatic heterocycles. The molecule has 17 rings (SSSR count). The number of carbonyl (C=O) groups excluding carboxylic acids is 2. The van der Waals surface area contributed by atoms with Gasteiger partial charge in [0.2, 0.25) is 5.15 Å². The molecule has 135 heavy (non-hydrogen) atoms. The largest absolute Gasteiger partial charge is 1.00 e. The molecule has 6 N–H and O–H groups in total. The first-order chi connectivity index (χ1) is 63.4. The molecule has 1 saturated heterocycles. The standard InChI is InChI=1S/C18H16N4O.C13H16BNO2.C11H12ClN3O.C7H6ClN3O.C7H7ClN2O2.C7H9ClN2.C7H6N4O.C5H2Cl2N2O2.C4H7Br.C2H6O.CH3F.CH5N.CH2O3.3ClH.2Na.Sn.H/c1-21-17-16(22(18(21)23)11-12-6-7-12)9-8-15(20-17)14-5-3-2-4-13(14)10-19;1-12(2)13(3,4)17-14(16-12)11-8-6-5-7-10(11)9-15;1-14-10-8(4-5-9(12)13-10)15(11(14)16)6-7-2-3-7;1-11-6-4(9-7(11)12)2-3-5(8)10-6;1-2-5-6(10(11)12)3-4-7(8)9-5;1-2-6-5(9)3-4-7(8)10-6;12-7(10-3-1-8-5-10)11-4-2-9-6-11;6-4-2-1-3(9(10)11)5(7)8-4;5-3-4-1-2-4;1-2-3;2*1-2;2-1-4-3;;;;;;;/h2-5,8-9,12H,6-7,11H2,1H3;5-8H,1-4H3;4-5,7H,2-3,6H2,1H3;2-3H,1H3,(H,9,12);3-4H,2H2,1H3;3-4H,2,9H2,1H3;1-6H;1-2H;4H,1-3H2;3H,2H2,1H3;1H3;2H2,1H3;1,3H;3*1H;;;;/q;;;;;;;;;;;;;;;;2*+1;+2;-1/p-3/i;;;;;;;;;;1D;;;;;;;;;. The van der Waals surface area contributed by atoms with Crippen molar-refractivity contribution < 1.29 is 110 Å². The van der Waals surface area contributed by atoms with Crippen LogP contribution >= 0.6 is 116 Å². The number of H-pyrrole nitrogens is 1. The topological polar surface area (TPSA) is 496 Å². The van der Waals surface area contributed by atoms with Gasteiger partial charge in [-0.05, 0) is 184 Å². The van der Waals surface area contributed by atoms with Gasteiger partial charge in [0, 0.05) is 94.1 Å². The Morgan fingerprint density at radius 2 is 1.06 bits per heavy atom. The molecule has 1 aliphatic heterocycles. The molecular weight excluding hydrogens is 2130 g/mol. The summed E-state index contributed by atoms with van der Waals surface area (Å²) in [7, 11) is 15.0. The summed E-state index contributed by atoms with van der Waals surface area (Å²) < 4.78 is 38.3. The molecule has 2 radical (unpaired) electrons. The van der Waals surface area contributed by atoms with E-state index in [-0.39, 0.29) is 147 Å². The van der Waals surface area contributed by atoms with Gasteiger partial charge in [0.15, 0.2) is 16.9 Å². The third-order valence-electron chi connectivity index (χ3n) is 19.0. The van der Waals surface area contributed by atoms with Crippen LogP contribution in [0, 0.1) is 60.6 Å². The van der Waals surface area contributed by atoms with Gasteiger partial charge in [0.1, 0.15) is 44.1 Å². The van der Waals surface area contributed by atoms with Crippen LogP contribution in [0.15, 0.2) is 173 Å². The van der Waals surface area contributed by atoms with E-state index in [9.17, 15) is 49.1 Å². The third-order valence-corrected chi connectivity index (χ3v) is 21.2. The summed E-state index contributed by atoms with van der Waals surface area (Å²) in [4.78, 5) is 112. The molecule has 51 heteroatoms. The quantitative estimate of drug-likeness (QED) is 0.0168. The number of pyridine rings is 6. The monoisotopic (exact) mass is 2230 g/mol. The van der Waals surface area contributed by atoms with Crippen LogP contribution in [-0.2, 0) is 66.1 Å². The van der Waals surface area contributed by atoms with Gasteiger partial charge in [-0.1, -0.05) is 136 Å². The van der Waals surface area contributed by atoms with E-state index in [1.807, 2.05) is 93.8 Å². The number of alkyl halides is 2. The number of imidazole rings is 5. The fourth-order valence-electron chi connectivity index (χ4n) is 11.1. The van der Waals surface area contributed by atoms with Gasteiger partial charge in [-0.3, -0.25) is 61.4 Å². The number of nitrogens with zero attached hydrogens (tertiary/aromatic N) is 19. The first-order valence-corrected chi connectivity index (χ1v) is 50.3. The molecule has 0 spiro atoms. The number of aliphatic hydroxyl groups excluding tert-OH is 1. The Morgan fingerprint density at radius 1 is 0.659 bits per heavy atom. The van der Waals surface area contributed by atoms with Gasteiger partial charge in [0.05, 0.1) is 86.5 Å². The number of aryl methyl sites for hydroxylation is 5. The van der Waals surface area contributed by atoms with Crippen molar-refractivity contribution in [1.82, 2.24) is 76.8 Å². The summed E-state index contributed by atoms with van der Waals surface area (Å²) >= 11 is 36.0. The number of aromatic amines is 1. The van der Waals surface area contributed by atoms with Crippen molar-refractivity contribution in [3.63, 3.8) is 0 Å². The first kappa shape index (κ1) is 123. The molecule has 13 aromatic rings. The van der Waals surface area contributed by atoms with Crippen molar-refractivity contribution in [1.29, 1.82) is 10.5 Å². The van der Waals surface area contributed by atoms with Crippen LogP contribution in [0.3, 0.4) is 0 Å². The number of rotatable bonds is 12. The molecule has 4 aliphatic rings. The number of carbonyl (C=O) groups is 2. The minimum atomic E-state index is -1.00. The molecule has 12 heterocycles. The number of aliphatic hydroxyl groups is 1. The number of hydrogen-bond acceptors (Lipinski definition) is 26. The summed E-state index contributed by atoms with van der Waals surface area (Å²) in [6.07, 6.45) is 18.3. The number of nitrogen functional groups attached to an aromatic ring is 1. The molecule has 4 fully saturated rings. The second-order valence-electron chi connectivity index (χ2n) is 28.6. The van der Waals surface area contributed by atoms with Crippen LogP contribution < -0.4 is 98.4 Å². The van der Waals surface area contributed by atoms with Crippen molar-refractivity contribution in [2.45, 2.75) is 124 Å². The van der Waals surface area contributed by atoms with Crippen molar-refractivity contribution in [2.75, 3.05) is 31.9 Å². The first-order valence-electron chi connectivity index (χ1n) is 40.4. The number of fused-ring (bicyclic) bond motifs is 3. The number of halogens is 11. The molecule has 3 aliphatic carbocycles. The van der Waals surface area contributed by atoms with E-state index in [2.05, 4.69) is 83.5 Å². The SMILES string of the molecule is BrCC1CC1.CC1(C)OB(c2ccccc2C#N)OC1(C)C.CCO.CCc1nc(Cl)ccc1N.CCc1nc(Cl)ccc1[N+](=O)[O-].CN.Cl.Cn1c(=O)[nH]c2ccc(Cl)nc21.Cn1c(=O)n(CC2CC2)c2ccc(-c3ccccc3C#N)nc21.Cn1c(=O)n(CC2CC2)c2ccc(Cl)nc21.O=C(n1ccnc1)n1ccnc1.O=CO[O-].O=[N+]([O-])c1ccc(Cl)nc1Cl.[2H]CF.[Cl][Sn][Cl].[H-].[Na+].[Na+]. The zero-order valence-electron chi connectivity index (χ0n) is 77.7. The van der Waals surface area contributed by atoms with E-state index in [0.717, 1.165) is 53.2 Å². The van der Waals surface area contributed by atoms with Crippen LogP contribution in [0.2, 0.25) is 30.9 Å². The number of nitrogens with two attached hydrogens (primary N) is 2. The number of hydrogen-bond donors (Lipinski definition) is 4. The Bertz CT molecular complexity index is 6150. The molecule has 0 bridgehead atoms. The van der Waals surface area contributed by atoms with Gasteiger partial charge in [-0.25, -0.2) is 59.0 Å². The predicted octanol–water partition coefficient (Wildman–Crippen LogP) is 10.2. The predicted molar refractivity (Wildman–Crippen MR) is 523 cm³/mol. The number of benzene rings is 2. The molecule has 0 atom stereocenters. The van der Waals surface area contributed by atoms with Crippen molar-refractivity contribution in [2.24, 2.45) is 44.6 Å². The van der Waals surface area contributed by atoms with Crippen molar-refractivity contribution >= 4 is 210 Å². The summed E-state index contributed by atoms with van der Waals surface area (Å²) in [5.74, 6) is 2.34. The molecule has 0 amide bonds. The molecule has 714 valence electrons. The third kappa shape index (κ3) is 39.7. The van der Waals surface area contributed by atoms with Gasteiger partial charge in [-0.15, -0.1) is 12.4 Å². The van der Waals surface area contributed by atoms with Crippen molar-refractivity contribution in [3.8, 4) is 23.4 Å². The zero-order chi connectivity index (χ0) is 99.4. The second-order valence-corrected chi connectivity index (χ2v) is 35.8. The van der Waals surface area contributed by atoms with E-state index < -0.39 is 43.0 Å². The maximum absolute atomic E-state index is 12.5. The van der Waals surface area contributed by atoms with Gasteiger partial charge < -0.3 is 42.4 Å². The smallest absolute Gasteiger partial charge is 1.00 e.